The second-order valence-corrected chi connectivity index (χ2v) is 2.90. The normalized spacial score (nSPS) is 23.0. The van der Waals surface area contributed by atoms with Crippen LogP contribution in [0, 0.1) is 6.54 Å². The van der Waals surface area contributed by atoms with Crippen LogP contribution < -0.4 is 0 Å². The molecule has 1 saturated heterocycles. The molecule has 1 heteroatoms. The van der Waals surface area contributed by atoms with Crippen LogP contribution in [0.5, 0.6) is 0 Å². The highest BCUT2D eigenvalue weighted by Gasteiger charge is 2.12. The Morgan fingerprint density at radius 1 is 1.33 bits per heavy atom. The van der Waals surface area contributed by atoms with E-state index in [1.165, 1.54) is 19.4 Å². The second kappa shape index (κ2) is 3.21. The lowest BCUT2D eigenvalue weighted by atomic mass is 10.1. The highest BCUT2D eigenvalue weighted by molar-refractivity contribution is 4.76. The molecule has 1 fully saturated rings. The van der Waals surface area contributed by atoms with E-state index in [0.29, 0.717) is 6.04 Å². The monoisotopic (exact) mass is 125 g/mol. The van der Waals surface area contributed by atoms with E-state index < -0.39 is 0 Å². The van der Waals surface area contributed by atoms with Crippen LogP contribution in [0.4, 0.5) is 0 Å². The molecule has 0 amide bonds. The standard InChI is InChI=1S/C8H15N/c1-8(2)9-6-4-3-5-7-9/h8H,3-6H2,1-2H3. The van der Waals surface area contributed by atoms with E-state index in [4.69, 9.17) is 0 Å². The first-order valence-corrected chi connectivity index (χ1v) is 3.81. The lowest BCUT2D eigenvalue weighted by Gasteiger charge is -2.28. The first-order chi connectivity index (χ1) is 4.30. The van der Waals surface area contributed by atoms with Crippen molar-refractivity contribution in [2.75, 3.05) is 6.54 Å². The molecule has 1 aliphatic rings. The SMILES string of the molecule is CC(C)N1[C]CCCC1. The molecular weight excluding hydrogens is 110 g/mol. The van der Waals surface area contributed by atoms with Crippen LogP contribution in [-0.4, -0.2) is 17.5 Å². The van der Waals surface area contributed by atoms with Crippen molar-refractivity contribution in [2.24, 2.45) is 0 Å². The molecule has 1 heterocycles. The summed E-state index contributed by atoms with van der Waals surface area (Å²) < 4.78 is 0. The fourth-order valence-corrected chi connectivity index (χ4v) is 1.15. The molecule has 0 aromatic carbocycles. The maximum absolute atomic E-state index is 3.35. The fraction of sp³-hybridized carbons (Fsp3) is 0.875. The third-order valence-corrected chi connectivity index (χ3v) is 1.76. The van der Waals surface area contributed by atoms with Gasteiger partial charge in [0.1, 0.15) is 0 Å². The van der Waals surface area contributed by atoms with Crippen LogP contribution in [0.2, 0.25) is 0 Å². The maximum atomic E-state index is 3.35. The van der Waals surface area contributed by atoms with Gasteiger partial charge in [-0.3, -0.25) is 4.90 Å². The summed E-state index contributed by atoms with van der Waals surface area (Å²) in [5, 5.41) is 0. The van der Waals surface area contributed by atoms with Gasteiger partial charge in [0.2, 0.25) is 0 Å². The minimum atomic E-state index is 0.658. The Bertz CT molecular complexity index is 72.6. The van der Waals surface area contributed by atoms with E-state index >= 15 is 0 Å². The summed E-state index contributed by atoms with van der Waals surface area (Å²) in [6, 6.07) is 0.658. The average molecular weight is 125 g/mol. The molecule has 0 saturated carbocycles. The summed E-state index contributed by atoms with van der Waals surface area (Å²) >= 11 is 0. The summed E-state index contributed by atoms with van der Waals surface area (Å²) in [6.45, 7) is 9.01. The van der Waals surface area contributed by atoms with Crippen LogP contribution in [0.3, 0.4) is 0 Å². The Labute approximate surface area is 58.0 Å². The van der Waals surface area contributed by atoms with Crippen molar-refractivity contribution in [3.05, 3.63) is 6.54 Å². The third kappa shape index (κ3) is 1.98. The molecule has 1 aliphatic heterocycles. The number of piperidine rings is 1. The molecule has 0 aromatic rings. The van der Waals surface area contributed by atoms with Gasteiger partial charge in [0.25, 0.3) is 0 Å². The smallest absolute Gasteiger partial charge is 0.0617 e. The summed E-state index contributed by atoms with van der Waals surface area (Å²) in [5.74, 6) is 0. The minimum absolute atomic E-state index is 0.658. The average Bonchev–Trinajstić information content (AvgIpc) is 1.90. The zero-order valence-electron chi connectivity index (χ0n) is 6.35. The molecule has 9 heavy (non-hydrogen) atoms. The topological polar surface area (TPSA) is 3.24 Å². The van der Waals surface area contributed by atoms with Crippen LogP contribution in [-0.2, 0) is 0 Å². The van der Waals surface area contributed by atoms with E-state index in [0.717, 1.165) is 6.42 Å². The Hall–Kier alpha value is -0.0400. The third-order valence-electron chi connectivity index (χ3n) is 1.76. The van der Waals surface area contributed by atoms with Gasteiger partial charge in [-0.1, -0.05) is 6.42 Å². The minimum Gasteiger partial charge on any atom is -0.292 e. The molecule has 1 nitrogen and oxygen atoms in total. The number of nitrogens with zero attached hydrogens (tertiary/aromatic N) is 1. The van der Waals surface area contributed by atoms with Gasteiger partial charge in [-0.2, -0.15) is 0 Å². The first kappa shape index (κ1) is 7.07. The molecule has 1 rings (SSSR count). The number of hydrogen-bond donors (Lipinski definition) is 0. The molecule has 52 valence electrons. The van der Waals surface area contributed by atoms with Crippen LogP contribution in [0.1, 0.15) is 33.1 Å². The highest BCUT2D eigenvalue weighted by atomic mass is 15.1. The van der Waals surface area contributed by atoms with Crippen molar-refractivity contribution in [2.45, 2.75) is 39.2 Å². The molecule has 0 aromatic heterocycles. The molecule has 0 N–H and O–H groups in total. The molecule has 0 aliphatic carbocycles. The van der Waals surface area contributed by atoms with E-state index in [1.807, 2.05) is 0 Å². The Morgan fingerprint density at radius 3 is 2.44 bits per heavy atom. The van der Waals surface area contributed by atoms with Gasteiger partial charge >= 0.3 is 0 Å². The predicted molar refractivity (Wildman–Crippen MR) is 38.9 cm³/mol. The second-order valence-electron chi connectivity index (χ2n) is 2.90. The number of rotatable bonds is 1. The predicted octanol–water partition coefficient (Wildman–Crippen LogP) is 1.92. The van der Waals surface area contributed by atoms with Crippen LogP contribution >= 0.6 is 0 Å². The largest absolute Gasteiger partial charge is 0.292 e. The first-order valence-electron chi connectivity index (χ1n) is 3.81. The van der Waals surface area contributed by atoms with E-state index in [-0.39, 0.29) is 0 Å². The number of hydrogen-bond acceptors (Lipinski definition) is 1. The van der Waals surface area contributed by atoms with Gasteiger partial charge in [0.15, 0.2) is 0 Å². The van der Waals surface area contributed by atoms with Crippen molar-refractivity contribution < 1.29 is 0 Å². The molecule has 0 unspecified atom stereocenters. The van der Waals surface area contributed by atoms with E-state index in [1.54, 1.807) is 0 Å². The number of likely N-dealkylation sites (tertiary alicyclic amines) is 1. The maximum Gasteiger partial charge on any atom is 0.0617 e. The lowest BCUT2D eigenvalue weighted by molar-refractivity contribution is 0.233. The van der Waals surface area contributed by atoms with E-state index in [9.17, 15) is 0 Å². The van der Waals surface area contributed by atoms with Crippen LogP contribution in [0.15, 0.2) is 0 Å². The van der Waals surface area contributed by atoms with Gasteiger partial charge in [0.05, 0.1) is 6.54 Å². The van der Waals surface area contributed by atoms with Crippen molar-refractivity contribution in [3.63, 3.8) is 0 Å². The quantitative estimate of drug-likeness (QED) is 0.517. The van der Waals surface area contributed by atoms with Crippen molar-refractivity contribution in [3.8, 4) is 0 Å². The van der Waals surface area contributed by atoms with Crippen molar-refractivity contribution >= 4 is 0 Å². The van der Waals surface area contributed by atoms with Gasteiger partial charge in [-0.25, -0.2) is 0 Å². The van der Waals surface area contributed by atoms with Crippen molar-refractivity contribution in [1.29, 1.82) is 0 Å². The van der Waals surface area contributed by atoms with Crippen LogP contribution in [0.25, 0.3) is 0 Å². The fourth-order valence-electron chi connectivity index (χ4n) is 1.15. The Balaban J connectivity index is 2.23. The Kier molecular flexibility index (Phi) is 2.52. The summed E-state index contributed by atoms with van der Waals surface area (Å²) in [4.78, 5) is 2.31. The zero-order valence-corrected chi connectivity index (χ0v) is 6.35. The lowest BCUT2D eigenvalue weighted by Crippen LogP contribution is -2.31. The summed E-state index contributed by atoms with van der Waals surface area (Å²) in [6.07, 6.45) is 3.85. The summed E-state index contributed by atoms with van der Waals surface area (Å²) in [7, 11) is 0. The molecule has 2 radical (unpaired) electrons. The van der Waals surface area contributed by atoms with Gasteiger partial charge in [0, 0.05) is 6.04 Å². The van der Waals surface area contributed by atoms with Gasteiger partial charge in [-0.15, -0.1) is 0 Å². The zero-order chi connectivity index (χ0) is 6.69. The molecule has 0 spiro atoms. The molecule has 0 bridgehead atoms. The van der Waals surface area contributed by atoms with Gasteiger partial charge < -0.3 is 0 Å². The van der Waals surface area contributed by atoms with E-state index in [2.05, 4.69) is 25.3 Å². The molecular formula is C8H15N. The molecule has 0 atom stereocenters. The summed E-state index contributed by atoms with van der Waals surface area (Å²) in [5.41, 5.74) is 0. The van der Waals surface area contributed by atoms with Gasteiger partial charge in [-0.05, 0) is 33.2 Å². The highest BCUT2D eigenvalue weighted by Crippen LogP contribution is 2.14. The van der Waals surface area contributed by atoms with Crippen molar-refractivity contribution in [1.82, 2.24) is 4.90 Å². The Morgan fingerprint density at radius 2 is 2.11 bits per heavy atom.